The molecule has 0 spiro atoms. The van der Waals surface area contributed by atoms with Gasteiger partial charge in [-0.05, 0) is 42.0 Å². The van der Waals surface area contributed by atoms with Crippen molar-refractivity contribution in [2.75, 3.05) is 6.54 Å². The van der Waals surface area contributed by atoms with E-state index in [9.17, 15) is 9.90 Å². The number of aromatic hydroxyl groups is 1. The van der Waals surface area contributed by atoms with Gasteiger partial charge in [0.25, 0.3) is 5.91 Å². The number of likely N-dealkylation sites (tertiary alicyclic amines) is 1. The number of hydrogen-bond acceptors (Lipinski definition) is 3. The summed E-state index contributed by atoms with van der Waals surface area (Å²) in [4.78, 5) is 19.0. The minimum atomic E-state index is -0.113. The van der Waals surface area contributed by atoms with E-state index < -0.39 is 0 Å². The first kappa shape index (κ1) is 14.7. The van der Waals surface area contributed by atoms with E-state index in [4.69, 9.17) is 0 Å². The van der Waals surface area contributed by atoms with E-state index in [-0.39, 0.29) is 17.7 Å². The molecule has 1 unspecified atom stereocenters. The van der Waals surface area contributed by atoms with Gasteiger partial charge in [-0.3, -0.25) is 9.78 Å². The van der Waals surface area contributed by atoms with Crippen LogP contribution in [0.5, 0.6) is 5.75 Å². The Morgan fingerprint density at radius 3 is 2.71 bits per heavy atom. The van der Waals surface area contributed by atoms with Gasteiger partial charge in [0.05, 0.1) is 11.6 Å². The molecule has 0 aliphatic carbocycles. The number of rotatable bonds is 2. The SMILES string of the molecule is O=C(c1ccc2ccccc2c1O)N1CCCC1c1ccncc1. The molecule has 3 aromatic rings. The van der Waals surface area contributed by atoms with Crippen molar-refractivity contribution in [2.24, 2.45) is 0 Å². The fourth-order valence-corrected chi connectivity index (χ4v) is 3.52. The number of nitrogens with zero attached hydrogens (tertiary/aromatic N) is 2. The lowest BCUT2D eigenvalue weighted by molar-refractivity contribution is 0.0733. The number of amides is 1. The van der Waals surface area contributed by atoms with Crippen molar-refractivity contribution in [2.45, 2.75) is 18.9 Å². The molecule has 2 heterocycles. The maximum Gasteiger partial charge on any atom is 0.258 e. The standard InChI is InChI=1S/C20H18N2O2/c23-19-16-5-2-1-4-14(16)7-8-17(19)20(24)22-13-3-6-18(22)15-9-11-21-12-10-15/h1-2,4-5,7-12,18,23H,3,6,13H2. The van der Waals surface area contributed by atoms with E-state index in [1.165, 1.54) is 0 Å². The maximum absolute atomic E-state index is 13.0. The van der Waals surface area contributed by atoms with Crippen LogP contribution in [0.2, 0.25) is 0 Å². The Balaban J connectivity index is 1.72. The van der Waals surface area contributed by atoms with Crippen molar-refractivity contribution in [3.63, 3.8) is 0 Å². The molecule has 4 rings (SSSR count). The van der Waals surface area contributed by atoms with Gasteiger partial charge in [-0.25, -0.2) is 0 Å². The Morgan fingerprint density at radius 2 is 1.88 bits per heavy atom. The van der Waals surface area contributed by atoms with E-state index in [1.54, 1.807) is 18.5 Å². The monoisotopic (exact) mass is 318 g/mol. The number of benzene rings is 2. The van der Waals surface area contributed by atoms with Gasteiger partial charge in [0.2, 0.25) is 0 Å². The highest BCUT2D eigenvalue weighted by Crippen LogP contribution is 2.36. The Labute approximate surface area is 140 Å². The van der Waals surface area contributed by atoms with Crippen molar-refractivity contribution >= 4 is 16.7 Å². The molecule has 1 aliphatic heterocycles. The summed E-state index contributed by atoms with van der Waals surface area (Å²) in [5, 5.41) is 12.2. The second kappa shape index (κ2) is 5.96. The highest BCUT2D eigenvalue weighted by Gasteiger charge is 2.31. The normalized spacial score (nSPS) is 17.3. The number of fused-ring (bicyclic) bond motifs is 1. The molecule has 1 N–H and O–H groups in total. The van der Waals surface area contributed by atoms with Crippen molar-refractivity contribution in [1.29, 1.82) is 0 Å². The van der Waals surface area contributed by atoms with Gasteiger partial charge in [0.1, 0.15) is 5.75 Å². The molecule has 1 aliphatic rings. The van der Waals surface area contributed by atoms with Gasteiger partial charge in [-0.2, -0.15) is 0 Å². The Hall–Kier alpha value is -2.88. The summed E-state index contributed by atoms with van der Waals surface area (Å²) in [7, 11) is 0. The van der Waals surface area contributed by atoms with Crippen LogP contribution in [0.4, 0.5) is 0 Å². The molecule has 0 saturated carbocycles. The van der Waals surface area contributed by atoms with Crippen LogP contribution in [0, 0.1) is 0 Å². The van der Waals surface area contributed by atoms with Gasteiger partial charge in [0, 0.05) is 24.3 Å². The third-order valence-corrected chi connectivity index (χ3v) is 4.74. The molecular weight excluding hydrogens is 300 g/mol. The average molecular weight is 318 g/mol. The fourth-order valence-electron chi connectivity index (χ4n) is 3.52. The molecule has 4 nitrogen and oxygen atoms in total. The zero-order valence-electron chi connectivity index (χ0n) is 13.2. The average Bonchev–Trinajstić information content (AvgIpc) is 3.12. The largest absolute Gasteiger partial charge is 0.506 e. The van der Waals surface area contributed by atoms with Gasteiger partial charge in [0.15, 0.2) is 0 Å². The summed E-state index contributed by atoms with van der Waals surface area (Å²) in [6, 6.07) is 15.1. The van der Waals surface area contributed by atoms with Crippen LogP contribution >= 0.6 is 0 Å². The van der Waals surface area contributed by atoms with Crippen LogP contribution in [0.1, 0.15) is 34.8 Å². The third-order valence-electron chi connectivity index (χ3n) is 4.74. The zero-order chi connectivity index (χ0) is 16.5. The van der Waals surface area contributed by atoms with Crippen LogP contribution in [0.15, 0.2) is 60.9 Å². The number of phenolic OH excluding ortho intramolecular Hbond substituents is 1. The lowest BCUT2D eigenvalue weighted by Gasteiger charge is -2.25. The molecule has 1 saturated heterocycles. The molecule has 2 aromatic carbocycles. The molecule has 1 amide bonds. The number of aromatic nitrogens is 1. The van der Waals surface area contributed by atoms with Crippen LogP contribution in [-0.2, 0) is 0 Å². The zero-order valence-corrected chi connectivity index (χ0v) is 13.2. The van der Waals surface area contributed by atoms with Crippen molar-refractivity contribution in [3.8, 4) is 5.75 Å². The number of pyridine rings is 1. The van der Waals surface area contributed by atoms with Crippen LogP contribution in [-0.4, -0.2) is 27.4 Å². The van der Waals surface area contributed by atoms with E-state index in [2.05, 4.69) is 4.98 Å². The first-order chi connectivity index (χ1) is 11.8. The molecule has 1 atom stereocenters. The summed E-state index contributed by atoms with van der Waals surface area (Å²) in [6.45, 7) is 0.706. The lowest BCUT2D eigenvalue weighted by Crippen LogP contribution is -2.30. The molecule has 4 heteroatoms. The van der Waals surface area contributed by atoms with Gasteiger partial charge in [-0.15, -0.1) is 0 Å². The summed E-state index contributed by atoms with van der Waals surface area (Å²) < 4.78 is 0. The van der Waals surface area contributed by atoms with Crippen molar-refractivity contribution in [3.05, 3.63) is 72.1 Å². The summed E-state index contributed by atoms with van der Waals surface area (Å²) in [5.41, 5.74) is 1.46. The second-order valence-electron chi connectivity index (χ2n) is 6.12. The predicted molar refractivity (Wildman–Crippen MR) is 92.9 cm³/mol. The van der Waals surface area contributed by atoms with Crippen molar-refractivity contribution in [1.82, 2.24) is 9.88 Å². The number of carbonyl (C=O) groups is 1. The number of carbonyl (C=O) groups excluding carboxylic acids is 1. The first-order valence-corrected chi connectivity index (χ1v) is 8.17. The fraction of sp³-hybridized carbons (Fsp3) is 0.200. The number of phenols is 1. The Morgan fingerprint density at radius 1 is 1.08 bits per heavy atom. The van der Waals surface area contributed by atoms with E-state index in [1.807, 2.05) is 47.4 Å². The minimum absolute atomic E-state index is 0.0476. The maximum atomic E-state index is 13.0. The van der Waals surface area contributed by atoms with E-state index in [0.717, 1.165) is 23.8 Å². The first-order valence-electron chi connectivity index (χ1n) is 8.17. The molecule has 1 aromatic heterocycles. The quantitative estimate of drug-likeness (QED) is 0.779. The van der Waals surface area contributed by atoms with Crippen LogP contribution < -0.4 is 0 Å². The molecule has 1 fully saturated rings. The Bertz CT molecular complexity index is 893. The third kappa shape index (κ3) is 2.40. The van der Waals surface area contributed by atoms with E-state index in [0.29, 0.717) is 17.5 Å². The van der Waals surface area contributed by atoms with Gasteiger partial charge in [-0.1, -0.05) is 30.3 Å². The summed E-state index contributed by atoms with van der Waals surface area (Å²) >= 11 is 0. The smallest absolute Gasteiger partial charge is 0.258 e. The summed E-state index contributed by atoms with van der Waals surface area (Å²) in [5.74, 6) is -0.0453. The molecule has 120 valence electrons. The topological polar surface area (TPSA) is 53.4 Å². The lowest BCUT2D eigenvalue weighted by atomic mass is 10.0. The summed E-state index contributed by atoms with van der Waals surface area (Å²) in [6.07, 6.45) is 5.41. The molecule has 0 bridgehead atoms. The van der Waals surface area contributed by atoms with Crippen molar-refractivity contribution < 1.29 is 9.90 Å². The molecule has 0 radical (unpaired) electrons. The minimum Gasteiger partial charge on any atom is -0.506 e. The predicted octanol–water partition coefficient (Wildman–Crippen LogP) is 3.92. The molecule has 24 heavy (non-hydrogen) atoms. The molecular formula is C20H18N2O2. The van der Waals surface area contributed by atoms with Gasteiger partial charge < -0.3 is 10.0 Å². The van der Waals surface area contributed by atoms with Crippen LogP contribution in [0.3, 0.4) is 0 Å². The van der Waals surface area contributed by atoms with E-state index >= 15 is 0 Å². The highest BCUT2D eigenvalue weighted by atomic mass is 16.3. The number of hydrogen-bond donors (Lipinski definition) is 1. The van der Waals surface area contributed by atoms with Crippen LogP contribution in [0.25, 0.3) is 10.8 Å². The Kier molecular flexibility index (Phi) is 3.65. The second-order valence-corrected chi connectivity index (χ2v) is 6.12. The van der Waals surface area contributed by atoms with Gasteiger partial charge >= 0.3 is 0 Å². The highest BCUT2D eigenvalue weighted by molar-refractivity contribution is 6.03.